The SMILES string of the molecule is O=C(N/N=C\c1ccc(OCc2ccccc2)c(Br)c1)c1ccc(F)cc1. The summed E-state index contributed by atoms with van der Waals surface area (Å²) in [6.07, 6.45) is 1.52. The van der Waals surface area contributed by atoms with Crippen LogP contribution >= 0.6 is 15.9 Å². The van der Waals surface area contributed by atoms with E-state index in [1.54, 1.807) is 0 Å². The molecule has 0 aliphatic carbocycles. The Morgan fingerprint density at radius 2 is 1.81 bits per heavy atom. The first kappa shape index (κ1) is 18.8. The van der Waals surface area contributed by atoms with Crippen molar-refractivity contribution < 1.29 is 13.9 Å². The molecule has 0 bridgehead atoms. The lowest BCUT2D eigenvalue weighted by Crippen LogP contribution is -2.17. The Labute approximate surface area is 164 Å². The number of hydrazone groups is 1. The van der Waals surface area contributed by atoms with E-state index in [-0.39, 0.29) is 0 Å². The van der Waals surface area contributed by atoms with Crippen molar-refractivity contribution in [2.24, 2.45) is 5.10 Å². The van der Waals surface area contributed by atoms with Crippen LogP contribution in [0.2, 0.25) is 0 Å². The maximum absolute atomic E-state index is 12.9. The Balaban J connectivity index is 1.57. The molecule has 0 saturated heterocycles. The minimum absolute atomic E-state index is 0.333. The maximum Gasteiger partial charge on any atom is 0.271 e. The number of rotatable bonds is 6. The molecular weight excluding hydrogens is 411 g/mol. The second kappa shape index (κ2) is 9.09. The van der Waals surface area contributed by atoms with Crippen molar-refractivity contribution in [3.05, 3.63) is 99.8 Å². The van der Waals surface area contributed by atoms with Crippen LogP contribution in [0.4, 0.5) is 4.39 Å². The second-order valence-corrected chi connectivity index (χ2v) is 6.52. The number of carbonyl (C=O) groups excluding carboxylic acids is 1. The smallest absolute Gasteiger partial charge is 0.271 e. The number of benzene rings is 3. The first-order chi connectivity index (χ1) is 13.1. The van der Waals surface area contributed by atoms with E-state index in [0.717, 1.165) is 15.6 Å². The third-order valence-corrected chi connectivity index (χ3v) is 4.30. The van der Waals surface area contributed by atoms with E-state index in [1.807, 2.05) is 48.5 Å². The first-order valence-corrected chi connectivity index (χ1v) is 8.96. The standard InChI is InChI=1S/C21H16BrFN2O2/c22-19-12-16(6-11-20(19)27-14-15-4-2-1-3-5-15)13-24-25-21(26)17-7-9-18(23)10-8-17/h1-13H,14H2,(H,25,26)/b24-13-. The molecule has 0 radical (unpaired) electrons. The van der Waals surface area contributed by atoms with Gasteiger partial charge in [-0.3, -0.25) is 4.79 Å². The monoisotopic (exact) mass is 426 g/mol. The van der Waals surface area contributed by atoms with Crippen molar-refractivity contribution in [1.29, 1.82) is 0 Å². The van der Waals surface area contributed by atoms with Gasteiger partial charge >= 0.3 is 0 Å². The van der Waals surface area contributed by atoms with Crippen molar-refractivity contribution in [2.45, 2.75) is 6.61 Å². The van der Waals surface area contributed by atoms with E-state index < -0.39 is 11.7 Å². The summed E-state index contributed by atoms with van der Waals surface area (Å²) >= 11 is 3.48. The fourth-order valence-electron chi connectivity index (χ4n) is 2.28. The highest BCUT2D eigenvalue weighted by atomic mass is 79.9. The van der Waals surface area contributed by atoms with E-state index in [2.05, 4.69) is 26.5 Å². The Morgan fingerprint density at radius 1 is 1.07 bits per heavy atom. The number of carbonyl (C=O) groups is 1. The number of amides is 1. The first-order valence-electron chi connectivity index (χ1n) is 8.17. The van der Waals surface area contributed by atoms with Gasteiger partial charge in [-0.2, -0.15) is 5.10 Å². The molecule has 0 heterocycles. The van der Waals surface area contributed by atoms with Gasteiger partial charge in [0.25, 0.3) is 5.91 Å². The molecule has 6 heteroatoms. The number of nitrogens with one attached hydrogen (secondary N) is 1. The molecule has 0 unspecified atom stereocenters. The van der Waals surface area contributed by atoms with Gasteiger partial charge in [0.15, 0.2) is 0 Å². The van der Waals surface area contributed by atoms with E-state index >= 15 is 0 Å². The van der Waals surface area contributed by atoms with Crippen LogP contribution in [0.25, 0.3) is 0 Å². The Hall–Kier alpha value is -2.99. The number of nitrogens with zero attached hydrogens (tertiary/aromatic N) is 1. The van der Waals surface area contributed by atoms with Gasteiger partial charge in [0, 0.05) is 5.56 Å². The van der Waals surface area contributed by atoms with Gasteiger partial charge in [-0.25, -0.2) is 9.82 Å². The summed E-state index contributed by atoms with van der Waals surface area (Å²) in [5, 5.41) is 3.92. The second-order valence-electron chi connectivity index (χ2n) is 5.67. The van der Waals surface area contributed by atoms with Gasteiger partial charge in [0.2, 0.25) is 0 Å². The minimum atomic E-state index is -0.409. The zero-order valence-electron chi connectivity index (χ0n) is 14.2. The molecule has 0 aliphatic rings. The number of halogens is 2. The van der Waals surface area contributed by atoms with Crippen LogP contribution in [0, 0.1) is 5.82 Å². The van der Waals surface area contributed by atoms with Gasteiger partial charge < -0.3 is 4.74 Å². The highest BCUT2D eigenvalue weighted by Crippen LogP contribution is 2.26. The highest BCUT2D eigenvalue weighted by molar-refractivity contribution is 9.10. The summed E-state index contributed by atoms with van der Waals surface area (Å²) in [6.45, 7) is 0.473. The normalized spacial score (nSPS) is 10.7. The maximum atomic E-state index is 12.9. The molecule has 4 nitrogen and oxygen atoms in total. The van der Waals surface area contributed by atoms with Crippen LogP contribution < -0.4 is 10.2 Å². The largest absolute Gasteiger partial charge is 0.488 e. The summed E-state index contributed by atoms with van der Waals surface area (Å²) in [5.74, 6) is -0.0889. The molecule has 0 saturated carbocycles. The summed E-state index contributed by atoms with van der Waals surface area (Å²) in [5.41, 5.74) is 4.61. The molecule has 3 aromatic rings. The lowest BCUT2D eigenvalue weighted by Gasteiger charge is -2.08. The summed E-state index contributed by atoms with van der Waals surface area (Å²) in [6, 6.07) is 20.6. The molecule has 27 heavy (non-hydrogen) atoms. The van der Waals surface area contributed by atoms with E-state index in [9.17, 15) is 9.18 Å². The van der Waals surface area contributed by atoms with Crippen LogP contribution in [0.3, 0.4) is 0 Å². The van der Waals surface area contributed by atoms with Crippen molar-refractivity contribution in [2.75, 3.05) is 0 Å². The molecule has 0 spiro atoms. The van der Waals surface area contributed by atoms with Crippen LogP contribution in [0.15, 0.2) is 82.4 Å². The lowest BCUT2D eigenvalue weighted by molar-refractivity contribution is 0.0955. The van der Waals surface area contributed by atoms with Gasteiger partial charge in [0.1, 0.15) is 18.2 Å². The number of ether oxygens (including phenoxy) is 1. The summed E-state index contributed by atoms with van der Waals surface area (Å²) in [7, 11) is 0. The zero-order valence-corrected chi connectivity index (χ0v) is 15.8. The quantitative estimate of drug-likeness (QED) is 0.448. The summed E-state index contributed by atoms with van der Waals surface area (Å²) < 4.78 is 19.4. The number of hydrogen-bond acceptors (Lipinski definition) is 3. The molecule has 0 aromatic heterocycles. The predicted molar refractivity (Wildman–Crippen MR) is 106 cm³/mol. The predicted octanol–water partition coefficient (Wildman–Crippen LogP) is 4.93. The molecule has 136 valence electrons. The van der Waals surface area contributed by atoms with E-state index in [0.29, 0.717) is 17.9 Å². The zero-order chi connectivity index (χ0) is 19.1. The van der Waals surface area contributed by atoms with Crippen LogP contribution in [0.1, 0.15) is 21.5 Å². The van der Waals surface area contributed by atoms with Crippen LogP contribution in [-0.2, 0) is 6.61 Å². The van der Waals surface area contributed by atoms with Crippen molar-refractivity contribution in [1.82, 2.24) is 5.43 Å². The lowest BCUT2D eigenvalue weighted by atomic mass is 10.2. The topological polar surface area (TPSA) is 50.7 Å². The van der Waals surface area contributed by atoms with Gasteiger partial charge in [-0.15, -0.1) is 0 Å². The minimum Gasteiger partial charge on any atom is -0.488 e. The van der Waals surface area contributed by atoms with Crippen LogP contribution in [-0.4, -0.2) is 12.1 Å². The molecule has 3 aromatic carbocycles. The number of hydrogen-bond donors (Lipinski definition) is 1. The van der Waals surface area contributed by atoms with E-state index in [1.165, 1.54) is 30.5 Å². The van der Waals surface area contributed by atoms with Gasteiger partial charge in [0.05, 0.1) is 10.7 Å². The third-order valence-electron chi connectivity index (χ3n) is 3.68. The fourth-order valence-corrected chi connectivity index (χ4v) is 2.79. The Kier molecular flexibility index (Phi) is 6.33. The Bertz CT molecular complexity index is 944. The molecule has 3 rings (SSSR count). The highest BCUT2D eigenvalue weighted by Gasteiger charge is 2.05. The molecule has 0 atom stereocenters. The molecule has 0 aliphatic heterocycles. The molecule has 1 N–H and O–H groups in total. The van der Waals surface area contributed by atoms with Crippen molar-refractivity contribution in [3.63, 3.8) is 0 Å². The van der Waals surface area contributed by atoms with Gasteiger partial charge in [-0.1, -0.05) is 30.3 Å². The average molecular weight is 427 g/mol. The van der Waals surface area contributed by atoms with Crippen molar-refractivity contribution in [3.8, 4) is 5.75 Å². The third kappa shape index (κ3) is 5.49. The van der Waals surface area contributed by atoms with Gasteiger partial charge in [-0.05, 0) is 69.5 Å². The van der Waals surface area contributed by atoms with E-state index in [4.69, 9.17) is 4.74 Å². The summed E-state index contributed by atoms with van der Waals surface area (Å²) in [4.78, 5) is 11.9. The van der Waals surface area contributed by atoms with Crippen LogP contribution in [0.5, 0.6) is 5.75 Å². The fraction of sp³-hybridized carbons (Fsp3) is 0.0476. The molecular formula is C21H16BrFN2O2. The molecule has 0 fully saturated rings. The molecule has 1 amide bonds. The van der Waals surface area contributed by atoms with Crippen molar-refractivity contribution >= 4 is 28.1 Å². The Morgan fingerprint density at radius 3 is 2.52 bits per heavy atom. The average Bonchev–Trinajstić information content (AvgIpc) is 2.68.